The van der Waals surface area contributed by atoms with Gasteiger partial charge in [-0.05, 0) is 39.7 Å². The van der Waals surface area contributed by atoms with E-state index < -0.39 is 0 Å². The Hall–Kier alpha value is -1.83. The standard InChI is InChI=1S/C18H24N4O2S/c1-11(21-13(3)19)15-9-16(17-20-6-8-25-17)18(23)22(12(15)2)14-5-4-7-24-10-14/h6,8-9,13-14H,4-5,7,10,19H2,1-3H3/t13?,14-/m0/s1. The lowest BCUT2D eigenvalue weighted by Gasteiger charge is -2.27. The molecule has 1 unspecified atom stereocenters. The maximum absolute atomic E-state index is 13.2. The Balaban J connectivity index is 2.22. The van der Waals surface area contributed by atoms with E-state index in [-0.39, 0.29) is 17.8 Å². The molecule has 0 amide bonds. The summed E-state index contributed by atoms with van der Waals surface area (Å²) >= 11 is 1.47. The molecule has 2 aromatic rings. The van der Waals surface area contributed by atoms with Crippen molar-refractivity contribution in [1.29, 1.82) is 0 Å². The molecule has 0 bridgehead atoms. The summed E-state index contributed by atoms with van der Waals surface area (Å²) in [5, 5.41) is 2.61. The number of aliphatic imine (C=N–C) groups is 1. The van der Waals surface area contributed by atoms with E-state index in [1.165, 1.54) is 11.3 Å². The van der Waals surface area contributed by atoms with Crippen molar-refractivity contribution in [3.63, 3.8) is 0 Å². The molecule has 0 aliphatic carbocycles. The summed E-state index contributed by atoms with van der Waals surface area (Å²) in [5.74, 6) is 0. The van der Waals surface area contributed by atoms with Gasteiger partial charge in [-0.15, -0.1) is 11.3 Å². The Morgan fingerprint density at radius 1 is 1.56 bits per heavy atom. The monoisotopic (exact) mass is 360 g/mol. The first kappa shape index (κ1) is 18.0. The summed E-state index contributed by atoms with van der Waals surface area (Å²) in [6.45, 7) is 7.06. The molecular weight excluding hydrogens is 336 g/mol. The van der Waals surface area contributed by atoms with Gasteiger partial charge in [0.15, 0.2) is 0 Å². The highest BCUT2D eigenvalue weighted by Gasteiger charge is 2.23. The van der Waals surface area contributed by atoms with Crippen LogP contribution in [0.2, 0.25) is 0 Å². The van der Waals surface area contributed by atoms with Gasteiger partial charge in [-0.2, -0.15) is 0 Å². The summed E-state index contributed by atoms with van der Waals surface area (Å²) < 4.78 is 7.49. The number of hydrogen-bond donors (Lipinski definition) is 1. The van der Waals surface area contributed by atoms with Gasteiger partial charge in [-0.3, -0.25) is 9.79 Å². The molecule has 2 aromatic heterocycles. The van der Waals surface area contributed by atoms with Crippen LogP contribution in [0.1, 0.15) is 44.0 Å². The number of thiazole rings is 1. The molecular formula is C18H24N4O2S. The molecule has 2 atom stereocenters. The van der Waals surface area contributed by atoms with E-state index in [1.54, 1.807) is 6.20 Å². The Morgan fingerprint density at radius 2 is 2.36 bits per heavy atom. The van der Waals surface area contributed by atoms with Crippen molar-refractivity contribution in [3.05, 3.63) is 39.3 Å². The van der Waals surface area contributed by atoms with Crippen LogP contribution in [0.4, 0.5) is 0 Å². The van der Waals surface area contributed by atoms with E-state index in [1.807, 2.05) is 36.8 Å². The molecule has 0 aromatic carbocycles. The SMILES string of the molecule is CC(=NC(C)N)c1cc(-c2nccs2)c(=O)n([C@H]2CCCOC2)c1C. The van der Waals surface area contributed by atoms with Crippen molar-refractivity contribution in [2.45, 2.75) is 45.8 Å². The molecule has 1 aliphatic heterocycles. The molecule has 2 N–H and O–H groups in total. The van der Waals surface area contributed by atoms with Gasteiger partial charge in [0.25, 0.3) is 5.56 Å². The largest absolute Gasteiger partial charge is 0.379 e. The van der Waals surface area contributed by atoms with Gasteiger partial charge in [-0.25, -0.2) is 4.98 Å². The van der Waals surface area contributed by atoms with E-state index in [2.05, 4.69) is 9.98 Å². The average molecular weight is 360 g/mol. The van der Waals surface area contributed by atoms with Crippen molar-refractivity contribution < 1.29 is 4.74 Å². The molecule has 0 saturated carbocycles. The summed E-state index contributed by atoms with van der Waals surface area (Å²) in [6.07, 6.45) is 3.32. The Bertz CT molecular complexity index is 818. The van der Waals surface area contributed by atoms with Gasteiger partial charge >= 0.3 is 0 Å². The van der Waals surface area contributed by atoms with Crippen molar-refractivity contribution in [2.75, 3.05) is 13.2 Å². The molecule has 7 heteroatoms. The van der Waals surface area contributed by atoms with E-state index >= 15 is 0 Å². The highest BCUT2D eigenvalue weighted by Crippen LogP contribution is 2.26. The van der Waals surface area contributed by atoms with Crippen molar-refractivity contribution in [2.24, 2.45) is 10.7 Å². The van der Waals surface area contributed by atoms with Gasteiger partial charge < -0.3 is 15.0 Å². The molecule has 3 heterocycles. The third-order valence-electron chi connectivity index (χ3n) is 4.44. The second-order valence-electron chi connectivity index (χ2n) is 6.40. The summed E-state index contributed by atoms with van der Waals surface area (Å²) in [6, 6.07) is 1.95. The van der Waals surface area contributed by atoms with Gasteiger partial charge in [0, 0.05) is 35.2 Å². The first-order valence-corrected chi connectivity index (χ1v) is 9.41. The van der Waals surface area contributed by atoms with Crippen LogP contribution in [0, 0.1) is 6.92 Å². The zero-order valence-electron chi connectivity index (χ0n) is 14.9. The Labute approximate surface area is 151 Å². The predicted molar refractivity (Wildman–Crippen MR) is 101 cm³/mol. The predicted octanol–water partition coefficient (Wildman–Crippen LogP) is 2.75. The minimum absolute atomic E-state index is 0.0136. The summed E-state index contributed by atoms with van der Waals surface area (Å²) in [7, 11) is 0. The number of hydrogen-bond acceptors (Lipinski definition) is 6. The highest BCUT2D eigenvalue weighted by molar-refractivity contribution is 7.13. The van der Waals surface area contributed by atoms with Crippen molar-refractivity contribution >= 4 is 17.0 Å². The topological polar surface area (TPSA) is 82.5 Å². The number of ether oxygens (including phenoxy) is 1. The zero-order chi connectivity index (χ0) is 18.0. The van der Waals surface area contributed by atoms with Crippen LogP contribution in [0.25, 0.3) is 10.6 Å². The van der Waals surface area contributed by atoms with Gasteiger partial charge in [-0.1, -0.05) is 0 Å². The van der Waals surface area contributed by atoms with Crippen molar-refractivity contribution in [1.82, 2.24) is 9.55 Å². The van der Waals surface area contributed by atoms with Crippen LogP contribution in [0.3, 0.4) is 0 Å². The average Bonchev–Trinajstić information content (AvgIpc) is 3.09. The zero-order valence-corrected chi connectivity index (χ0v) is 15.7. The molecule has 25 heavy (non-hydrogen) atoms. The van der Waals surface area contributed by atoms with Crippen LogP contribution >= 0.6 is 11.3 Å². The van der Waals surface area contributed by atoms with Crippen molar-refractivity contribution in [3.8, 4) is 10.6 Å². The van der Waals surface area contributed by atoms with Crippen LogP contribution < -0.4 is 11.3 Å². The normalized spacial score (nSPS) is 19.8. The number of rotatable bonds is 4. The van der Waals surface area contributed by atoms with E-state index in [4.69, 9.17) is 10.5 Å². The lowest BCUT2D eigenvalue weighted by Crippen LogP contribution is -2.34. The molecule has 6 nitrogen and oxygen atoms in total. The number of aromatic nitrogens is 2. The quantitative estimate of drug-likeness (QED) is 0.850. The van der Waals surface area contributed by atoms with E-state index in [9.17, 15) is 4.79 Å². The fourth-order valence-corrected chi connectivity index (χ4v) is 3.99. The molecule has 134 valence electrons. The summed E-state index contributed by atoms with van der Waals surface area (Å²) in [5.41, 5.74) is 9.11. The molecule has 3 rings (SSSR count). The third kappa shape index (κ3) is 3.73. The Kier molecular flexibility index (Phi) is 5.46. The van der Waals surface area contributed by atoms with Crippen LogP contribution in [0.5, 0.6) is 0 Å². The molecule has 1 fully saturated rings. The molecule has 1 saturated heterocycles. The van der Waals surface area contributed by atoms with Gasteiger partial charge in [0.1, 0.15) is 5.01 Å². The maximum atomic E-state index is 13.2. The molecule has 1 aliphatic rings. The van der Waals surface area contributed by atoms with E-state index in [0.29, 0.717) is 12.2 Å². The number of nitrogens with zero attached hydrogens (tertiary/aromatic N) is 3. The first-order valence-electron chi connectivity index (χ1n) is 8.53. The fourth-order valence-electron chi connectivity index (χ4n) is 3.34. The second-order valence-corrected chi connectivity index (χ2v) is 7.29. The molecule has 0 radical (unpaired) electrons. The minimum atomic E-state index is -0.291. The molecule has 0 spiro atoms. The van der Waals surface area contributed by atoms with Crippen LogP contribution in [-0.4, -0.2) is 34.6 Å². The first-order chi connectivity index (χ1) is 12.0. The number of nitrogens with two attached hydrogens (primary N) is 1. The van der Waals surface area contributed by atoms with Crippen LogP contribution in [-0.2, 0) is 4.74 Å². The smallest absolute Gasteiger partial charge is 0.261 e. The second kappa shape index (κ2) is 7.59. The van der Waals surface area contributed by atoms with Crippen LogP contribution in [0.15, 0.2) is 27.4 Å². The fraction of sp³-hybridized carbons (Fsp3) is 0.500. The lowest BCUT2D eigenvalue weighted by atomic mass is 10.0. The Morgan fingerprint density at radius 3 is 2.96 bits per heavy atom. The highest BCUT2D eigenvalue weighted by atomic mass is 32.1. The third-order valence-corrected chi connectivity index (χ3v) is 5.25. The summed E-state index contributed by atoms with van der Waals surface area (Å²) in [4.78, 5) is 22.0. The van der Waals surface area contributed by atoms with Gasteiger partial charge in [0.05, 0.1) is 24.4 Å². The lowest BCUT2D eigenvalue weighted by molar-refractivity contribution is 0.0573. The van der Waals surface area contributed by atoms with Gasteiger partial charge in [0.2, 0.25) is 0 Å². The number of pyridine rings is 1. The minimum Gasteiger partial charge on any atom is -0.379 e. The van der Waals surface area contributed by atoms with E-state index in [0.717, 1.165) is 41.4 Å². The maximum Gasteiger partial charge on any atom is 0.261 e.